The number of amides is 3. The Morgan fingerprint density at radius 1 is 0.818 bits per heavy atom. The summed E-state index contributed by atoms with van der Waals surface area (Å²) in [5.41, 5.74) is 0.164. The molecule has 0 spiro atoms. The highest BCUT2D eigenvalue weighted by Crippen LogP contribution is 2.28. The van der Waals surface area contributed by atoms with Crippen molar-refractivity contribution in [1.82, 2.24) is 4.31 Å². The second-order valence-electron chi connectivity index (χ2n) is 6.66. The van der Waals surface area contributed by atoms with Crippen molar-refractivity contribution in [2.24, 2.45) is 0 Å². The fourth-order valence-electron chi connectivity index (χ4n) is 2.94. The molecule has 0 aliphatic heterocycles. The van der Waals surface area contributed by atoms with Crippen molar-refractivity contribution in [1.29, 1.82) is 0 Å². The van der Waals surface area contributed by atoms with Crippen LogP contribution in [0.1, 0.15) is 11.6 Å². The SMILES string of the molecule is O=C(Nc1ccc([N+](=O)[O-])cc1)C(c1ccccc1)N(S)C(=O)Nc1ccccc1[N+](=O)[O-]. The third kappa shape index (κ3) is 5.62. The lowest BCUT2D eigenvalue weighted by Gasteiger charge is -2.26. The van der Waals surface area contributed by atoms with E-state index >= 15 is 0 Å². The molecule has 0 saturated carbocycles. The lowest BCUT2D eigenvalue weighted by Crippen LogP contribution is -2.38. The number of benzene rings is 3. The topological polar surface area (TPSA) is 148 Å². The fourth-order valence-corrected chi connectivity index (χ4v) is 3.23. The lowest BCUT2D eigenvalue weighted by atomic mass is 10.1. The Balaban J connectivity index is 1.86. The lowest BCUT2D eigenvalue weighted by molar-refractivity contribution is -0.384. The van der Waals surface area contributed by atoms with Crippen LogP contribution in [0.25, 0.3) is 0 Å². The van der Waals surface area contributed by atoms with E-state index in [2.05, 4.69) is 23.4 Å². The van der Waals surface area contributed by atoms with Gasteiger partial charge in [-0.2, -0.15) is 0 Å². The summed E-state index contributed by atoms with van der Waals surface area (Å²) in [4.78, 5) is 46.8. The molecule has 0 radical (unpaired) electrons. The smallest absolute Gasteiger partial charge is 0.324 e. The van der Waals surface area contributed by atoms with Gasteiger partial charge in [-0.15, -0.1) is 0 Å². The normalized spacial score (nSPS) is 11.2. The Labute approximate surface area is 192 Å². The molecule has 1 atom stereocenters. The number of hydrogen-bond acceptors (Lipinski definition) is 7. The number of nitrogens with zero attached hydrogens (tertiary/aromatic N) is 3. The number of hydrogen-bond donors (Lipinski definition) is 3. The Morgan fingerprint density at radius 3 is 2.03 bits per heavy atom. The van der Waals surface area contributed by atoms with E-state index in [1.165, 1.54) is 48.5 Å². The molecule has 1 unspecified atom stereocenters. The molecule has 0 heterocycles. The Bertz CT molecular complexity index is 1190. The number of carbonyl (C=O) groups is 2. The van der Waals surface area contributed by atoms with Crippen molar-refractivity contribution in [3.8, 4) is 0 Å². The number of thiol groups is 1. The molecule has 3 aromatic rings. The van der Waals surface area contributed by atoms with E-state index in [9.17, 15) is 29.8 Å². The number of para-hydroxylation sites is 2. The first kappa shape index (κ1) is 23.2. The van der Waals surface area contributed by atoms with Crippen LogP contribution in [0.2, 0.25) is 0 Å². The largest absolute Gasteiger partial charge is 0.332 e. The molecule has 3 rings (SSSR count). The second kappa shape index (κ2) is 10.2. The molecular weight excluding hydrogens is 450 g/mol. The highest BCUT2D eigenvalue weighted by Gasteiger charge is 2.31. The number of rotatable bonds is 7. The number of nitro groups is 2. The van der Waals surface area contributed by atoms with E-state index in [4.69, 9.17) is 0 Å². The van der Waals surface area contributed by atoms with E-state index in [1.54, 1.807) is 30.3 Å². The third-order valence-electron chi connectivity index (χ3n) is 4.50. The molecule has 3 aromatic carbocycles. The van der Waals surface area contributed by atoms with Gasteiger partial charge in [0.05, 0.1) is 9.85 Å². The predicted molar refractivity (Wildman–Crippen MR) is 124 cm³/mol. The first-order valence-electron chi connectivity index (χ1n) is 9.40. The second-order valence-corrected chi connectivity index (χ2v) is 7.09. The molecular formula is C21H17N5O6S. The molecule has 0 fully saturated rings. The minimum Gasteiger partial charge on any atom is -0.324 e. The van der Waals surface area contributed by atoms with Gasteiger partial charge in [-0.05, 0) is 23.8 Å². The summed E-state index contributed by atoms with van der Waals surface area (Å²) in [5, 5.41) is 27.0. The van der Waals surface area contributed by atoms with Crippen LogP contribution in [-0.2, 0) is 4.79 Å². The van der Waals surface area contributed by atoms with Gasteiger partial charge in [-0.3, -0.25) is 29.3 Å². The summed E-state index contributed by atoms with van der Waals surface area (Å²) < 4.78 is 0.812. The molecule has 2 N–H and O–H groups in total. The zero-order chi connectivity index (χ0) is 24.0. The molecule has 168 valence electrons. The van der Waals surface area contributed by atoms with Crippen LogP contribution < -0.4 is 10.6 Å². The number of nitrogens with one attached hydrogen (secondary N) is 2. The van der Waals surface area contributed by atoms with Crippen LogP contribution in [0.15, 0.2) is 78.9 Å². The first-order chi connectivity index (χ1) is 15.8. The van der Waals surface area contributed by atoms with Gasteiger partial charge in [-0.1, -0.05) is 55.3 Å². The molecule has 0 bridgehead atoms. The van der Waals surface area contributed by atoms with E-state index < -0.39 is 27.8 Å². The minimum absolute atomic E-state index is 0.0610. The average Bonchev–Trinajstić information content (AvgIpc) is 2.80. The molecule has 12 heteroatoms. The van der Waals surface area contributed by atoms with E-state index in [1.807, 2.05) is 0 Å². The van der Waals surface area contributed by atoms with Crippen LogP contribution in [0, 0.1) is 20.2 Å². The van der Waals surface area contributed by atoms with Gasteiger partial charge in [0.25, 0.3) is 17.3 Å². The monoisotopic (exact) mass is 467 g/mol. The van der Waals surface area contributed by atoms with Crippen molar-refractivity contribution in [2.45, 2.75) is 6.04 Å². The molecule has 0 aromatic heterocycles. The Kier molecular flexibility index (Phi) is 7.20. The molecule has 0 aliphatic carbocycles. The summed E-state index contributed by atoms with van der Waals surface area (Å²) in [5.74, 6) is -0.650. The van der Waals surface area contributed by atoms with Gasteiger partial charge in [0.15, 0.2) is 0 Å². The van der Waals surface area contributed by atoms with Gasteiger partial charge in [0.1, 0.15) is 11.7 Å². The minimum atomic E-state index is -1.23. The van der Waals surface area contributed by atoms with Gasteiger partial charge < -0.3 is 10.6 Å². The zero-order valence-corrected chi connectivity index (χ0v) is 17.7. The molecule has 33 heavy (non-hydrogen) atoms. The predicted octanol–water partition coefficient (Wildman–Crippen LogP) is 4.56. The van der Waals surface area contributed by atoms with Crippen molar-refractivity contribution in [3.63, 3.8) is 0 Å². The number of nitro benzene ring substituents is 2. The van der Waals surface area contributed by atoms with Crippen molar-refractivity contribution < 1.29 is 19.4 Å². The summed E-state index contributed by atoms with van der Waals surface area (Å²) >= 11 is 4.20. The number of urea groups is 1. The zero-order valence-electron chi connectivity index (χ0n) is 16.8. The summed E-state index contributed by atoms with van der Waals surface area (Å²) in [7, 11) is 0. The van der Waals surface area contributed by atoms with E-state index in [0.717, 1.165) is 4.31 Å². The van der Waals surface area contributed by atoms with Gasteiger partial charge >= 0.3 is 6.03 Å². The fraction of sp³-hybridized carbons (Fsp3) is 0.0476. The Morgan fingerprint density at radius 2 is 1.42 bits per heavy atom. The van der Waals surface area contributed by atoms with Crippen LogP contribution in [-0.4, -0.2) is 26.1 Å². The average molecular weight is 467 g/mol. The summed E-state index contributed by atoms with van der Waals surface area (Å²) in [6.45, 7) is 0. The Hall–Kier alpha value is -4.45. The highest BCUT2D eigenvalue weighted by atomic mass is 32.1. The maximum atomic E-state index is 13.1. The van der Waals surface area contributed by atoms with Crippen LogP contribution in [0.3, 0.4) is 0 Å². The third-order valence-corrected chi connectivity index (χ3v) is 4.92. The molecule has 0 aliphatic rings. The maximum absolute atomic E-state index is 13.1. The number of anilines is 2. The van der Waals surface area contributed by atoms with Crippen molar-refractivity contribution in [2.75, 3.05) is 10.6 Å². The summed E-state index contributed by atoms with van der Waals surface area (Å²) in [6, 6.07) is 16.9. The van der Waals surface area contributed by atoms with Crippen LogP contribution in [0.5, 0.6) is 0 Å². The standard InChI is InChI=1S/C21H17N5O6S/c27-20(22-15-10-12-16(13-11-15)25(29)30)19(14-6-2-1-3-7-14)24(33)21(28)23-17-8-4-5-9-18(17)26(31)32/h1-13,19,33H,(H,22,27)(H,23,28). The summed E-state index contributed by atoms with van der Waals surface area (Å²) in [6.07, 6.45) is 0. The highest BCUT2D eigenvalue weighted by molar-refractivity contribution is 7.78. The molecule has 11 nitrogen and oxygen atoms in total. The van der Waals surface area contributed by atoms with E-state index in [-0.39, 0.29) is 22.7 Å². The first-order valence-corrected chi connectivity index (χ1v) is 9.80. The number of non-ortho nitro benzene ring substituents is 1. The van der Waals surface area contributed by atoms with Crippen molar-refractivity contribution >= 4 is 47.5 Å². The van der Waals surface area contributed by atoms with Gasteiger partial charge in [0.2, 0.25) is 0 Å². The van der Waals surface area contributed by atoms with Gasteiger partial charge in [-0.25, -0.2) is 4.79 Å². The van der Waals surface area contributed by atoms with E-state index in [0.29, 0.717) is 5.56 Å². The van der Waals surface area contributed by atoms with Gasteiger partial charge in [0, 0.05) is 23.9 Å². The van der Waals surface area contributed by atoms with Crippen LogP contribution in [0.4, 0.5) is 27.5 Å². The van der Waals surface area contributed by atoms with Crippen molar-refractivity contribution in [3.05, 3.63) is 105 Å². The molecule has 3 amide bonds. The quantitative estimate of drug-likeness (QED) is 0.263. The van der Waals surface area contributed by atoms with Crippen LogP contribution >= 0.6 is 12.8 Å². The molecule has 0 saturated heterocycles. The maximum Gasteiger partial charge on any atom is 0.332 e. The number of carbonyl (C=O) groups excluding carboxylic acids is 2.